The predicted octanol–water partition coefficient (Wildman–Crippen LogP) is 3.12. The van der Waals surface area contributed by atoms with E-state index in [2.05, 4.69) is 25.9 Å². The number of rotatable bonds is 6. The standard InChI is InChI=1S/C18H17BrN2O4/c1-2-24-15-9-12(13(19)10-16(15)25-8-7-22)17-20-14-6-4-3-5-11(14)18(23)21-17/h3-6,9-10,22H,2,7-8H2,1H3,(H,20,21,23). The van der Waals surface area contributed by atoms with Crippen LogP contribution in [-0.4, -0.2) is 34.9 Å². The molecule has 25 heavy (non-hydrogen) atoms. The van der Waals surface area contributed by atoms with Gasteiger partial charge in [0, 0.05) is 10.0 Å². The number of aromatic amines is 1. The number of hydrogen-bond acceptors (Lipinski definition) is 5. The smallest absolute Gasteiger partial charge is 0.259 e. The zero-order valence-corrected chi connectivity index (χ0v) is 15.2. The minimum absolute atomic E-state index is 0.0928. The molecule has 3 rings (SSSR count). The highest BCUT2D eigenvalue weighted by molar-refractivity contribution is 9.10. The Hall–Kier alpha value is -2.38. The Labute approximate surface area is 152 Å². The van der Waals surface area contributed by atoms with Gasteiger partial charge in [-0.15, -0.1) is 0 Å². The maximum Gasteiger partial charge on any atom is 0.259 e. The van der Waals surface area contributed by atoms with Crippen LogP contribution in [-0.2, 0) is 0 Å². The normalized spacial score (nSPS) is 10.8. The first-order valence-electron chi connectivity index (χ1n) is 7.83. The number of halogens is 1. The first kappa shape index (κ1) is 17.4. The number of aliphatic hydroxyl groups is 1. The summed E-state index contributed by atoms with van der Waals surface area (Å²) in [5.74, 6) is 1.46. The predicted molar refractivity (Wildman–Crippen MR) is 99.2 cm³/mol. The summed E-state index contributed by atoms with van der Waals surface area (Å²) in [4.78, 5) is 19.7. The van der Waals surface area contributed by atoms with Crippen molar-refractivity contribution in [3.8, 4) is 22.9 Å². The maximum atomic E-state index is 12.3. The lowest BCUT2D eigenvalue weighted by atomic mass is 10.1. The van der Waals surface area contributed by atoms with Crippen LogP contribution < -0.4 is 15.0 Å². The topological polar surface area (TPSA) is 84.4 Å². The zero-order chi connectivity index (χ0) is 17.8. The van der Waals surface area contributed by atoms with Crippen LogP contribution in [0, 0.1) is 0 Å². The van der Waals surface area contributed by atoms with E-state index < -0.39 is 0 Å². The van der Waals surface area contributed by atoms with Gasteiger partial charge in [0.1, 0.15) is 12.4 Å². The van der Waals surface area contributed by atoms with Gasteiger partial charge in [-0.25, -0.2) is 4.98 Å². The second kappa shape index (κ2) is 7.67. The zero-order valence-electron chi connectivity index (χ0n) is 13.6. The van der Waals surface area contributed by atoms with Gasteiger partial charge in [-0.2, -0.15) is 0 Å². The summed E-state index contributed by atoms with van der Waals surface area (Å²) >= 11 is 3.49. The highest BCUT2D eigenvalue weighted by Gasteiger charge is 2.15. The molecule has 0 bridgehead atoms. The number of nitrogens with zero attached hydrogens (tertiary/aromatic N) is 1. The van der Waals surface area contributed by atoms with Crippen molar-refractivity contribution in [1.82, 2.24) is 9.97 Å². The molecule has 0 fully saturated rings. The second-order valence-corrected chi connectivity index (χ2v) is 6.07. The first-order chi connectivity index (χ1) is 12.1. The van der Waals surface area contributed by atoms with Crippen LogP contribution in [0.15, 0.2) is 45.7 Å². The number of nitrogens with one attached hydrogen (secondary N) is 1. The number of hydrogen-bond donors (Lipinski definition) is 2. The lowest BCUT2D eigenvalue weighted by Crippen LogP contribution is -2.10. The van der Waals surface area contributed by atoms with Crippen molar-refractivity contribution in [2.75, 3.05) is 19.8 Å². The van der Waals surface area contributed by atoms with Crippen molar-refractivity contribution in [3.63, 3.8) is 0 Å². The molecule has 6 nitrogen and oxygen atoms in total. The Balaban J connectivity index is 2.13. The lowest BCUT2D eigenvalue weighted by Gasteiger charge is -2.14. The summed E-state index contributed by atoms with van der Waals surface area (Å²) in [6.45, 7) is 2.40. The van der Waals surface area contributed by atoms with Gasteiger partial charge >= 0.3 is 0 Å². The molecule has 0 amide bonds. The van der Waals surface area contributed by atoms with Crippen molar-refractivity contribution in [3.05, 3.63) is 51.2 Å². The van der Waals surface area contributed by atoms with Gasteiger partial charge in [0.25, 0.3) is 5.56 Å². The Kier molecular flexibility index (Phi) is 5.35. The molecule has 2 aromatic carbocycles. The fourth-order valence-electron chi connectivity index (χ4n) is 2.47. The summed E-state index contributed by atoms with van der Waals surface area (Å²) < 4.78 is 11.8. The quantitative estimate of drug-likeness (QED) is 0.659. The van der Waals surface area contributed by atoms with Gasteiger partial charge in [0.05, 0.1) is 24.1 Å². The number of aliphatic hydroxyl groups excluding tert-OH is 1. The molecule has 0 atom stereocenters. The number of H-pyrrole nitrogens is 1. The summed E-state index contributed by atoms with van der Waals surface area (Å²) in [5.41, 5.74) is 1.10. The maximum absolute atomic E-state index is 12.3. The molecule has 2 N–H and O–H groups in total. The molecular formula is C18H17BrN2O4. The number of para-hydroxylation sites is 1. The van der Waals surface area contributed by atoms with Crippen LogP contribution in [0.1, 0.15) is 6.92 Å². The van der Waals surface area contributed by atoms with E-state index in [0.29, 0.717) is 44.9 Å². The molecule has 1 aromatic heterocycles. The van der Waals surface area contributed by atoms with Crippen LogP contribution in [0.5, 0.6) is 11.5 Å². The molecule has 0 spiro atoms. The van der Waals surface area contributed by atoms with E-state index in [0.717, 1.165) is 0 Å². The van der Waals surface area contributed by atoms with Gasteiger partial charge in [-0.1, -0.05) is 12.1 Å². The highest BCUT2D eigenvalue weighted by Crippen LogP contribution is 2.37. The van der Waals surface area contributed by atoms with Crippen molar-refractivity contribution >= 4 is 26.8 Å². The molecule has 0 saturated heterocycles. The van der Waals surface area contributed by atoms with E-state index in [1.807, 2.05) is 13.0 Å². The fraction of sp³-hybridized carbons (Fsp3) is 0.222. The Morgan fingerprint density at radius 1 is 1.20 bits per heavy atom. The van der Waals surface area contributed by atoms with E-state index in [9.17, 15) is 4.79 Å². The molecule has 7 heteroatoms. The Morgan fingerprint density at radius 3 is 2.72 bits per heavy atom. The van der Waals surface area contributed by atoms with Gasteiger partial charge in [-0.3, -0.25) is 4.79 Å². The van der Waals surface area contributed by atoms with Gasteiger partial charge in [0.15, 0.2) is 11.5 Å². The summed E-state index contributed by atoms with van der Waals surface area (Å²) in [5, 5.41) is 9.49. The van der Waals surface area contributed by atoms with E-state index in [4.69, 9.17) is 14.6 Å². The monoisotopic (exact) mass is 404 g/mol. The molecule has 0 aliphatic rings. The summed E-state index contributed by atoms with van der Waals surface area (Å²) in [6.07, 6.45) is 0. The third-order valence-electron chi connectivity index (χ3n) is 3.55. The average molecular weight is 405 g/mol. The van der Waals surface area contributed by atoms with Crippen LogP contribution in [0.2, 0.25) is 0 Å². The van der Waals surface area contributed by atoms with Crippen LogP contribution in [0.3, 0.4) is 0 Å². The molecule has 1 heterocycles. The third-order valence-corrected chi connectivity index (χ3v) is 4.21. The van der Waals surface area contributed by atoms with Crippen LogP contribution in [0.4, 0.5) is 0 Å². The highest BCUT2D eigenvalue weighted by atomic mass is 79.9. The van der Waals surface area contributed by atoms with Gasteiger partial charge in [-0.05, 0) is 47.1 Å². The number of ether oxygens (including phenoxy) is 2. The molecule has 0 unspecified atom stereocenters. The van der Waals surface area contributed by atoms with Crippen LogP contribution >= 0.6 is 15.9 Å². The third kappa shape index (κ3) is 3.67. The summed E-state index contributed by atoms with van der Waals surface area (Å²) in [6, 6.07) is 10.7. The van der Waals surface area contributed by atoms with Gasteiger partial charge < -0.3 is 19.6 Å². The minimum Gasteiger partial charge on any atom is -0.490 e. The molecule has 0 saturated carbocycles. The van der Waals surface area contributed by atoms with E-state index in [1.54, 1.807) is 30.3 Å². The molecular weight excluding hydrogens is 388 g/mol. The minimum atomic E-state index is -0.203. The SMILES string of the molecule is CCOc1cc(-c2nc3ccccc3c(=O)[nH]2)c(Br)cc1OCCO. The molecule has 0 aliphatic heterocycles. The number of fused-ring (bicyclic) bond motifs is 1. The Bertz CT molecular complexity index is 955. The number of benzene rings is 2. The molecule has 3 aromatic rings. The van der Waals surface area contributed by atoms with Crippen molar-refractivity contribution in [2.24, 2.45) is 0 Å². The molecule has 130 valence electrons. The average Bonchev–Trinajstić information content (AvgIpc) is 2.61. The van der Waals surface area contributed by atoms with E-state index >= 15 is 0 Å². The second-order valence-electron chi connectivity index (χ2n) is 5.22. The van der Waals surface area contributed by atoms with E-state index in [1.165, 1.54) is 0 Å². The molecule has 0 aliphatic carbocycles. The van der Waals surface area contributed by atoms with Gasteiger partial charge in [0.2, 0.25) is 0 Å². The Morgan fingerprint density at radius 2 is 1.96 bits per heavy atom. The number of aromatic nitrogens is 2. The fourth-order valence-corrected chi connectivity index (χ4v) is 2.98. The van der Waals surface area contributed by atoms with Crippen molar-refractivity contribution in [2.45, 2.75) is 6.92 Å². The molecule has 0 radical (unpaired) electrons. The van der Waals surface area contributed by atoms with Crippen molar-refractivity contribution in [1.29, 1.82) is 0 Å². The lowest BCUT2D eigenvalue weighted by molar-refractivity contribution is 0.194. The van der Waals surface area contributed by atoms with Crippen LogP contribution in [0.25, 0.3) is 22.3 Å². The van der Waals surface area contributed by atoms with Crippen molar-refractivity contribution < 1.29 is 14.6 Å². The van der Waals surface area contributed by atoms with E-state index in [-0.39, 0.29) is 18.8 Å². The first-order valence-corrected chi connectivity index (χ1v) is 8.62. The largest absolute Gasteiger partial charge is 0.490 e. The summed E-state index contributed by atoms with van der Waals surface area (Å²) in [7, 11) is 0.